The minimum Gasteiger partial charge on any atom is -0.109 e. The zero-order chi connectivity index (χ0) is 9.54. The van der Waals surface area contributed by atoms with Gasteiger partial charge in [-0.2, -0.15) is 0 Å². The molecule has 2 heteroatoms. The predicted octanol–water partition coefficient (Wildman–Crippen LogP) is 3.76. The average molecular weight is 216 g/mol. The van der Waals surface area contributed by atoms with Crippen molar-refractivity contribution in [2.75, 3.05) is 0 Å². The summed E-state index contributed by atoms with van der Waals surface area (Å²) in [6.45, 7) is 0. The van der Waals surface area contributed by atoms with Crippen LogP contribution in [0.2, 0.25) is 0 Å². The molecule has 14 heavy (non-hydrogen) atoms. The fourth-order valence-electron chi connectivity index (χ4n) is 1.82. The highest BCUT2D eigenvalue weighted by atomic mass is 32.2. The van der Waals surface area contributed by atoms with Crippen molar-refractivity contribution in [1.29, 1.82) is 0 Å². The lowest BCUT2D eigenvalue weighted by atomic mass is 10.0. The Balaban J connectivity index is 2.38. The summed E-state index contributed by atoms with van der Waals surface area (Å²) >= 11 is 7.07. The monoisotopic (exact) mass is 216 g/mol. The highest BCUT2D eigenvalue weighted by Crippen LogP contribution is 2.33. The van der Waals surface area contributed by atoms with Crippen LogP contribution in [0.15, 0.2) is 36.4 Å². The van der Waals surface area contributed by atoms with Crippen LogP contribution in [-0.2, 0) is 5.75 Å². The average Bonchev–Trinajstić information content (AvgIpc) is 2.57. The second-order valence-corrected chi connectivity index (χ2v) is 5.08. The molecular formula is C12H8S2. The Labute approximate surface area is 92.3 Å². The molecule has 0 amide bonds. The van der Waals surface area contributed by atoms with E-state index in [0.717, 1.165) is 9.95 Å². The summed E-state index contributed by atoms with van der Waals surface area (Å²) in [6.07, 6.45) is 0. The van der Waals surface area contributed by atoms with E-state index in [0.29, 0.717) is 0 Å². The molecule has 0 saturated carbocycles. The van der Waals surface area contributed by atoms with Gasteiger partial charge in [0.1, 0.15) is 0 Å². The van der Waals surface area contributed by atoms with E-state index < -0.39 is 0 Å². The smallest absolute Gasteiger partial charge is 0.0784 e. The van der Waals surface area contributed by atoms with Crippen molar-refractivity contribution in [1.82, 2.24) is 0 Å². The fourth-order valence-corrected chi connectivity index (χ4v) is 3.06. The van der Waals surface area contributed by atoms with Crippen molar-refractivity contribution < 1.29 is 0 Å². The maximum atomic E-state index is 5.30. The van der Waals surface area contributed by atoms with Crippen LogP contribution in [-0.4, -0.2) is 4.20 Å². The van der Waals surface area contributed by atoms with E-state index in [4.69, 9.17) is 12.2 Å². The fraction of sp³-hybridized carbons (Fsp3) is 0.0833. The van der Waals surface area contributed by atoms with E-state index in [1.807, 2.05) is 0 Å². The molecule has 1 aliphatic rings. The first-order valence-corrected chi connectivity index (χ1v) is 5.93. The largest absolute Gasteiger partial charge is 0.109 e. The Kier molecular flexibility index (Phi) is 1.85. The third kappa shape index (κ3) is 1.18. The molecule has 0 bridgehead atoms. The van der Waals surface area contributed by atoms with Crippen molar-refractivity contribution in [2.24, 2.45) is 0 Å². The quantitative estimate of drug-likeness (QED) is 0.615. The Morgan fingerprint density at radius 1 is 1.07 bits per heavy atom. The van der Waals surface area contributed by atoms with Gasteiger partial charge in [-0.15, -0.1) is 11.8 Å². The zero-order valence-electron chi connectivity index (χ0n) is 7.49. The van der Waals surface area contributed by atoms with Crippen LogP contribution in [0.1, 0.15) is 11.1 Å². The van der Waals surface area contributed by atoms with Gasteiger partial charge in [-0.05, 0) is 28.5 Å². The van der Waals surface area contributed by atoms with Crippen LogP contribution < -0.4 is 0 Å². The van der Waals surface area contributed by atoms with Crippen molar-refractivity contribution >= 4 is 38.9 Å². The van der Waals surface area contributed by atoms with Gasteiger partial charge < -0.3 is 0 Å². The topological polar surface area (TPSA) is 0 Å². The Bertz CT molecular complexity index is 529. The first-order valence-electron chi connectivity index (χ1n) is 4.53. The summed E-state index contributed by atoms with van der Waals surface area (Å²) in [5.74, 6) is 1.04. The molecule has 2 aromatic rings. The van der Waals surface area contributed by atoms with E-state index in [-0.39, 0.29) is 0 Å². The van der Waals surface area contributed by atoms with Gasteiger partial charge >= 0.3 is 0 Å². The summed E-state index contributed by atoms with van der Waals surface area (Å²) in [4.78, 5) is 0. The molecule has 2 aromatic carbocycles. The van der Waals surface area contributed by atoms with Gasteiger partial charge in [-0.25, -0.2) is 0 Å². The second kappa shape index (κ2) is 3.07. The van der Waals surface area contributed by atoms with Crippen LogP contribution in [0.4, 0.5) is 0 Å². The van der Waals surface area contributed by atoms with E-state index in [1.54, 1.807) is 11.8 Å². The van der Waals surface area contributed by atoms with E-state index in [2.05, 4.69) is 36.4 Å². The lowest BCUT2D eigenvalue weighted by molar-refractivity contribution is 1.46. The van der Waals surface area contributed by atoms with Gasteiger partial charge in [0.15, 0.2) is 0 Å². The molecule has 0 atom stereocenters. The van der Waals surface area contributed by atoms with Crippen molar-refractivity contribution in [3.05, 3.63) is 47.5 Å². The Morgan fingerprint density at radius 2 is 1.79 bits per heavy atom. The molecule has 68 valence electrons. The van der Waals surface area contributed by atoms with Gasteiger partial charge in [0.05, 0.1) is 4.20 Å². The van der Waals surface area contributed by atoms with Crippen molar-refractivity contribution in [2.45, 2.75) is 5.75 Å². The highest BCUT2D eigenvalue weighted by Gasteiger charge is 2.16. The standard InChI is InChI=1S/C12H8S2/c13-12-11-6-9-4-2-1-3-8(9)5-10(11)7-14-12/h1-6H,7H2. The summed E-state index contributed by atoms with van der Waals surface area (Å²) in [5, 5.41) is 2.60. The van der Waals surface area contributed by atoms with Gasteiger partial charge in [-0.1, -0.05) is 36.5 Å². The number of benzene rings is 2. The number of rotatable bonds is 0. The van der Waals surface area contributed by atoms with Gasteiger partial charge in [-0.3, -0.25) is 0 Å². The third-order valence-electron chi connectivity index (χ3n) is 2.55. The highest BCUT2D eigenvalue weighted by molar-refractivity contribution is 8.23. The van der Waals surface area contributed by atoms with Crippen LogP contribution in [0, 0.1) is 0 Å². The SMILES string of the molecule is S=C1SCc2cc3ccccc3cc21. The molecule has 0 unspecified atom stereocenters. The van der Waals surface area contributed by atoms with Crippen LogP contribution in [0.5, 0.6) is 0 Å². The minimum atomic E-state index is 1.04. The molecule has 0 aromatic heterocycles. The number of thioether (sulfide) groups is 1. The Morgan fingerprint density at radius 3 is 2.57 bits per heavy atom. The van der Waals surface area contributed by atoms with E-state index >= 15 is 0 Å². The van der Waals surface area contributed by atoms with Crippen LogP contribution in [0.3, 0.4) is 0 Å². The predicted molar refractivity (Wildman–Crippen MR) is 66.9 cm³/mol. The van der Waals surface area contributed by atoms with Crippen molar-refractivity contribution in [3.8, 4) is 0 Å². The van der Waals surface area contributed by atoms with Gasteiger partial charge in [0.2, 0.25) is 0 Å². The molecule has 0 spiro atoms. The van der Waals surface area contributed by atoms with E-state index in [1.165, 1.54) is 21.9 Å². The lowest BCUT2D eigenvalue weighted by Crippen LogP contribution is -1.87. The van der Waals surface area contributed by atoms with Gasteiger partial charge in [0, 0.05) is 11.3 Å². The molecule has 1 aliphatic heterocycles. The molecule has 0 fully saturated rings. The Hall–Kier alpha value is -0.860. The summed E-state index contributed by atoms with van der Waals surface area (Å²) in [7, 11) is 0. The molecular weight excluding hydrogens is 208 g/mol. The molecule has 1 heterocycles. The normalized spacial score (nSPS) is 14.7. The number of hydrogen-bond donors (Lipinski definition) is 0. The first kappa shape index (κ1) is 8.45. The number of thiocarbonyl (C=S) groups is 1. The minimum absolute atomic E-state index is 1.04. The summed E-state index contributed by atoms with van der Waals surface area (Å²) in [5.41, 5.74) is 2.66. The number of hydrogen-bond acceptors (Lipinski definition) is 2. The molecule has 0 radical (unpaired) electrons. The molecule has 0 N–H and O–H groups in total. The molecule has 3 rings (SSSR count). The lowest BCUT2D eigenvalue weighted by Gasteiger charge is -2.01. The first-order chi connectivity index (χ1) is 6.84. The molecule has 0 nitrogen and oxygen atoms in total. The van der Waals surface area contributed by atoms with Gasteiger partial charge in [0.25, 0.3) is 0 Å². The van der Waals surface area contributed by atoms with E-state index in [9.17, 15) is 0 Å². The second-order valence-electron chi connectivity index (χ2n) is 3.43. The molecule has 0 saturated heterocycles. The van der Waals surface area contributed by atoms with Crippen LogP contribution in [0.25, 0.3) is 10.8 Å². The number of fused-ring (bicyclic) bond motifs is 2. The van der Waals surface area contributed by atoms with Crippen molar-refractivity contribution in [3.63, 3.8) is 0 Å². The summed E-state index contributed by atoms with van der Waals surface area (Å²) in [6, 6.07) is 12.9. The third-order valence-corrected chi connectivity index (χ3v) is 4.06. The maximum Gasteiger partial charge on any atom is 0.0784 e. The molecule has 0 aliphatic carbocycles. The maximum absolute atomic E-state index is 5.30. The zero-order valence-corrected chi connectivity index (χ0v) is 9.12. The summed E-state index contributed by atoms with van der Waals surface area (Å²) < 4.78 is 1.05. The van der Waals surface area contributed by atoms with Crippen LogP contribution >= 0.6 is 24.0 Å².